The first-order valence-corrected chi connectivity index (χ1v) is 5.65. The molecule has 0 radical (unpaired) electrons. The van der Waals surface area contributed by atoms with Crippen molar-refractivity contribution in [3.63, 3.8) is 0 Å². The minimum Gasteiger partial charge on any atom is -0.489 e. The molecule has 1 unspecified atom stereocenters. The maximum Gasteiger partial charge on any atom is 0.122 e. The Labute approximate surface area is 102 Å². The van der Waals surface area contributed by atoms with E-state index < -0.39 is 6.10 Å². The average molecular weight is 241 g/mol. The molecule has 1 aromatic carbocycles. The van der Waals surface area contributed by atoms with Crippen molar-refractivity contribution in [1.29, 1.82) is 0 Å². The van der Waals surface area contributed by atoms with Crippen molar-refractivity contribution in [3.05, 3.63) is 40.4 Å². The van der Waals surface area contributed by atoms with Crippen molar-refractivity contribution in [2.24, 2.45) is 0 Å². The minimum absolute atomic E-state index is 0.447. The van der Waals surface area contributed by atoms with Gasteiger partial charge in [-0.25, -0.2) is 0 Å². The molecule has 88 valence electrons. The smallest absolute Gasteiger partial charge is 0.122 e. The Kier molecular flexibility index (Phi) is 4.84. The maximum absolute atomic E-state index is 9.43. The summed E-state index contributed by atoms with van der Waals surface area (Å²) in [6, 6.07) is 5.67. The molecule has 1 rings (SSSR count). The van der Waals surface area contributed by atoms with Gasteiger partial charge in [-0.2, -0.15) is 0 Å². The molecule has 0 amide bonds. The zero-order valence-corrected chi connectivity index (χ0v) is 10.6. The monoisotopic (exact) mass is 240 g/mol. The van der Waals surface area contributed by atoms with Gasteiger partial charge in [0.15, 0.2) is 0 Å². The third-order valence-electron chi connectivity index (χ3n) is 2.32. The van der Waals surface area contributed by atoms with E-state index in [2.05, 4.69) is 0 Å². The number of ether oxygens (including phenoxy) is 1. The van der Waals surface area contributed by atoms with Crippen molar-refractivity contribution in [1.82, 2.24) is 0 Å². The second kappa shape index (κ2) is 5.92. The lowest BCUT2D eigenvalue weighted by Gasteiger charge is -2.11. The van der Waals surface area contributed by atoms with E-state index in [4.69, 9.17) is 16.3 Å². The molecule has 0 fully saturated rings. The van der Waals surface area contributed by atoms with Crippen LogP contribution in [0.1, 0.15) is 31.1 Å². The molecule has 3 heteroatoms. The minimum atomic E-state index is -0.447. The van der Waals surface area contributed by atoms with E-state index in [-0.39, 0.29) is 0 Å². The molecule has 16 heavy (non-hydrogen) atoms. The highest BCUT2D eigenvalue weighted by molar-refractivity contribution is 6.25. The summed E-state index contributed by atoms with van der Waals surface area (Å²) >= 11 is 5.55. The second-order valence-corrected chi connectivity index (χ2v) is 4.16. The fourth-order valence-electron chi connectivity index (χ4n) is 1.32. The lowest BCUT2D eigenvalue weighted by atomic mass is 10.1. The fraction of sp³-hybridized carbons (Fsp3) is 0.385. The predicted molar refractivity (Wildman–Crippen MR) is 66.9 cm³/mol. The fourth-order valence-corrected chi connectivity index (χ4v) is 1.38. The van der Waals surface area contributed by atoms with Gasteiger partial charge >= 0.3 is 0 Å². The lowest BCUT2D eigenvalue weighted by Crippen LogP contribution is -2.00. The summed E-state index contributed by atoms with van der Waals surface area (Å²) in [4.78, 5) is 0. The highest BCUT2D eigenvalue weighted by Crippen LogP contribution is 2.23. The van der Waals surface area contributed by atoms with Gasteiger partial charge in [0, 0.05) is 5.54 Å². The molecule has 1 N–H and O–H groups in total. The number of hydrogen-bond donors (Lipinski definition) is 1. The summed E-state index contributed by atoms with van der Waals surface area (Å²) in [6.45, 7) is 6.10. The van der Waals surface area contributed by atoms with Crippen LogP contribution < -0.4 is 4.74 Å². The Morgan fingerprint density at radius 2 is 2.25 bits per heavy atom. The normalized spacial score (nSPS) is 13.7. The molecule has 0 saturated heterocycles. The lowest BCUT2D eigenvalue weighted by molar-refractivity contribution is 0.199. The standard InChI is InChI=1S/C13H17ClO2/c1-9(7-14)8-16-13-5-4-12(11(3)15)6-10(13)2/h4-7,11,15H,8H2,1-3H3/b9-7+. The number of hydrogen-bond acceptors (Lipinski definition) is 2. The summed E-state index contributed by atoms with van der Waals surface area (Å²) < 4.78 is 5.59. The van der Waals surface area contributed by atoms with Crippen LogP contribution in [-0.2, 0) is 0 Å². The topological polar surface area (TPSA) is 29.5 Å². The molecule has 1 atom stereocenters. The number of aliphatic hydroxyl groups is 1. The Bertz CT molecular complexity index is 384. The molecule has 0 aliphatic heterocycles. The molecule has 0 bridgehead atoms. The summed E-state index contributed by atoms with van der Waals surface area (Å²) in [6.07, 6.45) is -0.447. The number of benzene rings is 1. The van der Waals surface area contributed by atoms with E-state index >= 15 is 0 Å². The quantitative estimate of drug-likeness (QED) is 0.872. The van der Waals surface area contributed by atoms with Crippen LogP contribution in [0, 0.1) is 6.92 Å². The molecular formula is C13H17ClO2. The number of rotatable bonds is 4. The van der Waals surface area contributed by atoms with Crippen LogP contribution >= 0.6 is 11.6 Å². The van der Waals surface area contributed by atoms with Gasteiger partial charge in [0.1, 0.15) is 12.4 Å². The molecule has 1 aromatic rings. The van der Waals surface area contributed by atoms with Crippen LogP contribution in [0.15, 0.2) is 29.3 Å². The molecule has 0 aliphatic carbocycles. The highest BCUT2D eigenvalue weighted by atomic mass is 35.5. The molecule has 0 heterocycles. The SMILES string of the molecule is C/C(=C\Cl)COc1ccc(C(C)O)cc1C. The molecule has 0 spiro atoms. The van der Waals surface area contributed by atoms with Gasteiger partial charge in [0.05, 0.1) is 6.10 Å². The van der Waals surface area contributed by atoms with E-state index in [0.717, 1.165) is 22.4 Å². The highest BCUT2D eigenvalue weighted by Gasteiger charge is 2.05. The van der Waals surface area contributed by atoms with Crippen LogP contribution in [0.3, 0.4) is 0 Å². The largest absolute Gasteiger partial charge is 0.489 e. The van der Waals surface area contributed by atoms with Gasteiger partial charge in [-0.05, 0) is 49.6 Å². The van der Waals surface area contributed by atoms with Crippen molar-refractivity contribution >= 4 is 11.6 Å². The Balaban J connectivity index is 2.75. The van der Waals surface area contributed by atoms with E-state index in [1.165, 1.54) is 5.54 Å². The van der Waals surface area contributed by atoms with E-state index in [9.17, 15) is 5.11 Å². The molecule has 0 aliphatic rings. The summed E-state index contributed by atoms with van der Waals surface area (Å²) in [5.41, 5.74) is 4.40. The Hall–Kier alpha value is -0.990. The first-order valence-electron chi connectivity index (χ1n) is 5.22. The van der Waals surface area contributed by atoms with Crippen LogP contribution in [0.5, 0.6) is 5.75 Å². The number of aryl methyl sites for hydroxylation is 1. The van der Waals surface area contributed by atoms with Gasteiger partial charge in [0.25, 0.3) is 0 Å². The molecule has 2 nitrogen and oxygen atoms in total. The van der Waals surface area contributed by atoms with Crippen molar-refractivity contribution in [2.75, 3.05) is 6.61 Å². The van der Waals surface area contributed by atoms with E-state index in [1.54, 1.807) is 6.92 Å². The van der Waals surface area contributed by atoms with Gasteiger partial charge < -0.3 is 9.84 Å². The first-order chi connectivity index (χ1) is 7.54. The van der Waals surface area contributed by atoms with Gasteiger partial charge in [0.2, 0.25) is 0 Å². The maximum atomic E-state index is 9.43. The second-order valence-electron chi connectivity index (χ2n) is 3.95. The zero-order valence-electron chi connectivity index (χ0n) is 9.83. The summed E-state index contributed by atoms with van der Waals surface area (Å²) in [5, 5.41) is 9.43. The number of aliphatic hydroxyl groups excluding tert-OH is 1. The van der Waals surface area contributed by atoms with Gasteiger partial charge in [-0.15, -0.1) is 0 Å². The molecule has 0 aromatic heterocycles. The van der Waals surface area contributed by atoms with Crippen LogP contribution in [0.25, 0.3) is 0 Å². The van der Waals surface area contributed by atoms with Crippen molar-refractivity contribution < 1.29 is 9.84 Å². The summed E-state index contributed by atoms with van der Waals surface area (Å²) in [7, 11) is 0. The first kappa shape index (κ1) is 13.1. The average Bonchev–Trinajstić information content (AvgIpc) is 2.26. The van der Waals surface area contributed by atoms with Crippen molar-refractivity contribution in [3.8, 4) is 5.75 Å². The third-order valence-corrected chi connectivity index (χ3v) is 2.70. The Morgan fingerprint density at radius 1 is 1.56 bits per heavy atom. The Morgan fingerprint density at radius 3 is 2.75 bits per heavy atom. The van der Waals surface area contributed by atoms with Crippen LogP contribution in [0.4, 0.5) is 0 Å². The predicted octanol–water partition coefficient (Wildman–Crippen LogP) is 3.57. The van der Waals surface area contributed by atoms with E-state index in [0.29, 0.717) is 6.61 Å². The van der Waals surface area contributed by atoms with Crippen LogP contribution in [-0.4, -0.2) is 11.7 Å². The van der Waals surface area contributed by atoms with Gasteiger partial charge in [-0.1, -0.05) is 17.7 Å². The summed E-state index contributed by atoms with van der Waals surface area (Å²) in [5.74, 6) is 0.822. The zero-order chi connectivity index (χ0) is 12.1. The third kappa shape index (κ3) is 3.54. The van der Waals surface area contributed by atoms with Gasteiger partial charge in [-0.3, -0.25) is 0 Å². The number of halogens is 1. The van der Waals surface area contributed by atoms with Crippen molar-refractivity contribution in [2.45, 2.75) is 26.9 Å². The van der Waals surface area contributed by atoms with Crippen LogP contribution in [0.2, 0.25) is 0 Å². The van der Waals surface area contributed by atoms with E-state index in [1.807, 2.05) is 32.0 Å². The molecular weight excluding hydrogens is 224 g/mol. The molecule has 0 saturated carbocycles.